The summed E-state index contributed by atoms with van der Waals surface area (Å²) < 4.78 is 5.43. The highest BCUT2D eigenvalue weighted by atomic mass is 32.2. The first-order chi connectivity index (χ1) is 9.36. The Kier molecular flexibility index (Phi) is 5.59. The van der Waals surface area contributed by atoms with Crippen LogP contribution in [0.1, 0.15) is 32.6 Å². The van der Waals surface area contributed by atoms with Gasteiger partial charge in [0.1, 0.15) is 5.75 Å². The Hall–Kier alpha value is -1.15. The number of methoxy groups -OCH3 is 1. The summed E-state index contributed by atoms with van der Waals surface area (Å²) >= 11 is 1.96. The second kappa shape index (κ2) is 7.44. The van der Waals surface area contributed by atoms with E-state index < -0.39 is 0 Å². The van der Waals surface area contributed by atoms with Gasteiger partial charge in [-0.05, 0) is 29.7 Å². The standard InChI is InChI=1S/C17H22OS/c1-3-4-5-8-13-19-17-12-11-16(18-2)14-9-6-7-10-15(14)17/h6-7,9-12H,3-5,8,13H2,1-2H3. The molecule has 0 bridgehead atoms. The van der Waals surface area contributed by atoms with E-state index in [0.29, 0.717) is 0 Å². The summed E-state index contributed by atoms with van der Waals surface area (Å²) in [5.74, 6) is 2.17. The molecule has 0 aliphatic carbocycles. The Morgan fingerprint density at radius 2 is 1.74 bits per heavy atom. The molecule has 19 heavy (non-hydrogen) atoms. The van der Waals surface area contributed by atoms with Gasteiger partial charge in [0.25, 0.3) is 0 Å². The second-order valence-electron chi connectivity index (χ2n) is 4.72. The van der Waals surface area contributed by atoms with Crippen LogP contribution in [0.4, 0.5) is 0 Å². The lowest BCUT2D eigenvalue weighted by molar-refractivity contribution is 0.419. The molecule has 0 amide bonds. The van der Waals surface area contributed by atoms with Gasteiger partial charge in [-0.15, -0.1) is 11.8 Å². The van der Waals surface area contributed by atoms with Crippen molar-refractivity contribution in [2.75, 3.05) is 12.9 Å². The van der Waals surface area contributed by atoms with Gasteiger partial charge in [-0.25, -0.2) is 0 Å². The van der Waals surface area contributed by atoms with E-state index in [1.165, 1.54) is 47.1 Å². The Bertz CT molecular complexity index is 522. The average molecular weight is 274 g/mol. The van der Waals surface area contributed by atoms with Crippen LogP contribution in [0.5, 0.6) is 5.75 Å². The number of rotatable bonds is 7. The number of hydrogen-bond donors (Lipinski definition) is 0. The zero-order chi connectivity index (χ0) is 13.5. The lowest BCUT2D eigenvalue weighted by Crippen LogP contribution is -1.87. The molecule has 1 nitrogen and oxygen atoms in total. The van der Waals surface area contributed by atoms with Crippen molar-refractivity contribution in [3.05, 3.63) is 36.4 Å². The Balaban J connectivity index is 2.11. The predicted octanol–water partition coefficient (Wildman–Crippen LogP) is 5.52. The molecule has 0 aromatic heterocycles. The van der Waals surface area contributed by atoms with Crippen LogP contribution in [0.25, 0.3) is 10.8 Å². The van der Waals surface area contributed by atoms with Gasteiger partial charge >= 0.3 is 0 Å². The minimum atomic E-state index is 0.964. The summed E-state index contributed by atoms with van der Waals surface area (Å²) in [6, 6.07) is 12.8. The van der Waals surface area contributed by atoms with Crippen molar-refractivity contribution in [1.29, 1.82) is 0 Å². The third-order valence-corrected chi connectivity index (χ3v) is 4.48. The minimum absolute atomic E-state index is 0.964. The lowest BCUT2D eigenvalue weighted by atomic mass is 10.1. The van der Waals surface area contributed by atoms with E-state index in [4.69, 9.17) is 4.74 Å². The van der Waals surface area contributed by atoms with Crippen LogP contribution >= 0.6 is 11.8 Å². The van der Waals surface area contributed by atoms with Crippen molar-refractivity contribution < 1.29 is 4.74 Å². The molecule has 0 aliphatic heterocycles. The summed E-state index contributed by atoms with van der Waals surface area (Å²) in [7, 11) is 1.74. The van der Waals surface area contributed by atoms with Crippen molar-refractivity contribution in [3.8, 4) is 5.75 Å². The topological polar surface area (TPSA) is 9.23 Å². The maximum absolute atomic E-state index is 5.43. The van der Waals surface area contributed by atoms with Crippen LogP contribution < -0.4 is 4.74 Å². The van der Waals surface area contributed by atoms with Gasteiger partial charge in [0.05, 0.1) is 7.11 Å². The number of ether oxygens (including phenoxy) is 1. The Labute approximate surface area is 120 Å². The monoisotopic (exact) mass is 274 g/mol. The van der Waals surface area contributed by atoms with Crippen LogP contribution in [-0.2, 0) is 0 Å². The van der Waals surface area contributed by atoms with E-state index in [2.05, 4.69) is 43.3 Å². The number of fused-ring (bicyclic) bond motifs is 1. The SMILES string of the molecule is CCCCCCSc1ccc(OC)c2ccccc12. The normalized spacial score (nSPS) is 10.8. The number of benzene rings is 2. The first-order valence-electron chi connectivity index (χ1n) is 7.05. The molecular formula is C17H22OS. The zero-order valence-electron chi connectivity index (χ0n) is 11.8. The highest BCUT2D eigenvalue weighted by Crippen LogP contribution is 2.34. The molecule has 0 saturated heterocycles. The van der Waals surface area contributed by atoms with Gasteiger partial charge in [0, 0.05) is 10.3 Å². The van der Waals surface area contributed by atoms with Crippen LogP contribution in [-0.4, -0.2) is 12.9 Å². The molecular weight excluding hydrogens is 252 g/mol. The molecule has 0 radical (unpaired) electrons. The summed E-state index contributed by atoms with van der Waals surface area (Å²) in [4.78, 5) is 1.37. The Morgan fingerprint density at radius 1 is 0.947 bits per heavy atom. The van der Waals surface area contributed by atoms with E-state index in [0.717, 1.165) is 5.75 Å². The van der Waals surface area contributed by atoms with E-state index in [-0.39, 0.29) is 0 Å². The molecule has 2 aromatic rings. The highest BCUT2D eigenvalue weighted by molar-refractivity contribution is 7.99. The van der Waals surface area contributed by atoms with Crippen LogP contribution in [0, 0.1) is 0 Å². The van der Waals surface area contributed by atoms with Crippen molar-refractivity contribution in [2.24, 2.45) is 0 Å². The number of thioether (sulfide) groups is 1. The summed E-state index contributed by atoms with van der Waals surface area (Å²) in [5.41, 5.74) is 0. The fraction of sp³-hybridized carbons (Fsp3) is 0.412. The number of unbranched alkanes of at least 4 members (excludes halogenated alkanes) is 3. The first kappa shape index (κ1) is 14.3. The fourth-order valence-electron chi connectivity index (χ4n) is 2.26. The Morgan fingerprint density at radius 3 is 2.47 bits per heavy atom. The maximum Gasteiger partial charge on any atom is 0.126 e. The van der Waals surface area contributed by atoms with E-state index in [9.17, 15) is 0 Å². The van der Waals surface area contributed by atoms with E-state index >= 15 is 0 Å². The molecule has 0 unspecified atom stereocenters. The molecule has 2 aromatic carbocycles. The highest BCUT2D eigenvalue weighted by Gasteiger charge is 2.05. The maximum atomic E-state index is 5.43. The second-order valence-corrected chi connectivity index (χ2v) is 5.86. The fourth-order valence-corrected chi connectivity index (χ4v) is 3.32. The van der Waals surface area contributed by atoms with Gasteiger partial charge in [-0.2, -0.15) is 0 Å². The molecule has 0 fully saturated rings. The molecule has 0 atom stereocenters. The van der Waals surface area contributed by atoms with Crippen LogP contribution in [0.3, 0.4) is 0 Å². The van der Waals surface area contributed by atoms with Gasteiger partial charge in [0.15, 0.2) is 0 Å². The smallest absolute Gasteiger partial charge is 0.126 e. The summed E-state index contributed by atoms with van der Waals surface area (Å²) in [5, 5.41) is 2.52. The van der Waals surface area contributed by atoms with E-state index in [1.807, 2.05) is 11.8 Å². The van der Waals surface area contributed by atoms with Crippen molar-refractivity contribution >= 4 is 22.5 Å². The molecule has 0 aliphatic rings. The van der Waals surface area contributed by atoms with Crippen molar-refractivity contribution in [3.63, 3.8) is 0 Å². The predicted molar refractivity (Wildman–Crippen MR) is 85.4 cm³/mol. The van der Waals surface area contributed by atoms with Gasteiger partial charge in [-0.1, -0.05) is 50.5 Å². The first-order valence-corrected chi connectivity index (χ1v) is 8.04. The molecule has 0 heterocycles. The quantitative estimate of drug-likeness (QED) is 0.485. The van der Waals surface area contributed by atoms with Gasteiger partial charge in [0.2, 0.25) is 0 Å². The largest absolute Gasteiger partial charge is 0.496 e. The lowest BCUT2D eigenvalue weighted by Gasteiger charge is -2.10. The zero-order valence-corrected chi connectivity index (χ0v) is 12.6. The van der Waals surface area contributed by atoms with Crippen LogP contribution in [0.15, 0.2) is 41.3 Å². The molecule has 2 heteroatoms. The van der Waals surface area contributed by atoms with Gasteiger partial charge < -0.3 is 4.74 Å². The average Bonchev–Trinajstić information content (AvgIpc) is 2.47. The molecule has 0 spiro atoms. The van der Waals surface area contributed by atoms with Crippen molar-refractivity contribution in [1.82, 2.24) is 0 Å². The minimum Gasteiger partial charge on any atom is -0.496 e. The molecule has 102 valence electrons. The molecule has 2 rings (SSSR count). The van der Waals surface area contributed by atoms with Crippen LogP contribution in [0.2, 0.25) is 0 Å². The third kappa shape index (κ3) is 3.66. The van der Waals surface area contributed by atoms with Gasteiger partial charge in [-0.3, -0.25) is 0 Å². The molecule has 0 N–H and O–H groups in total. The van der Waals surface area contributed by atoms with E-state index in [1.54, 1.807) is 7.11 Å². The summed E-state index contributed by atoms with van der Waals surface area (Å²) in [6.07, 6.45) is 5.30. The summed E-state index contributed by atoms with van der Waals surface area (Å²) in [6.45, 7) is 2.25. The molecule has 0 saturated carbocycles. The third-order valence-electron chi connectivity index (χ3n) is 3.32. The number of hydrogen-bond acceptors (Lipinski definition) is 2. The van der Waals surface area contributed by atoms with Crippen molar-refractivity contribution in [2.45, 2.75) is 37.5 Å².